The van der Waals surface area contributed by atoms with Gasteiger partial charge in [0.1, 0.15) is 0 Å². The lowest BCUT2D eigenvalue weighted by Crippen LogP contribution is -2.45. The third kappa shape index (κ3) is 2.96. The molecule has 1 saturated heterocycles. The van der Waals surface area contributed by atoms with Crippen LogP contribution in [0.2, 0.25) is 0 Å². The molecule has 2 rings (SSSR count). The van der Waals surface area contributed by atoms with Crippen molar-refractivity contribution in [2.75, 3.05) is 32.7 Å². The number of nitrogens with zero attached hydrogens (tertiary/aromatic N) is 2. The summed E-state index contributed by atoms with van der Waals surface area (Å²) in [4.78, 5) is 4.83. The van der Waals surface area contributed by atoms with Crippen LogP contribution < -0.4 is 0 Å². The zero-order chi connectivity index (χ0) is 9.80. The molecule has 0 aromatic heterocycles. The van der Waals surface area contributed by atoms with Crippen molar-refractivity contribution in [3.05, 3.63) is 7.05 Å². The Balaban J connectivity index is 1.68. The molecule has 14 heavy (non-hydrogen) atoms. The SMILES string of the molecule is [CH2]N1CCN(CC2CCCCC2)CC1. The van der Waals surface area contributed by atoms with Crippen molar-refractivity contribution in [2.24, 2.45) is 5.92 Å². The standard InChI is InChI=1S/C12H23N2/c1-13-7-9-14(10-8-13)11-12-5-3-2-4-6-12/h12H,1-11H2. The third-order valence-electron chi connectivity index (χ3n) is 3.71. The van der Waals surface area contributed by atoms with E-state index < -0.39 is 0 Å². The van der Waals surface area contributed by atoms with Gasteiger partial charge in [0, 0.05) is 39.8 Å². The molecule has 81 valence electrons. The largest absolute Gasteiger partial charge is 0.301 e. The lowest BCUT2D eigenvalue weighted by atomic mass is 9.89. The summed E-state index contributed by atoms with van der Waals surface area (Å²) in [5.74, 6) is 1.00. The van der Waals surface area contributed by atoms with Crippen molar-refractivity contribution in [1.82, 2.24) is 9.80 Å². The Bertz CT molecular complexity index is 156. The first kappa shape index (κ1) is 10.4. The lowest BCUT2D eigenvalue weighted by molar-refractivity contribution is 0.134. The molecular formula is C12H23N2. The van der Waals surface area contributed by atoms with E-state index in [0.717, 1.165) is 19.0 Å². The number of hydrogen-bond acceptors (Lipinski definition) is 2. The Hall–Kier alpha value is -0.0800. The minimum Gasteiger partial charge on any atom is -0.301 e. The van der Waals surface area contributed by atoms with E-state index in [1.54, 1.807) is 0 Å². The van der Waals surface area contributed by atoms with Gasteiger partial charge in [0.2, 0.25) is 0 Å². The van der Waals surface area contributed by atoms with Crippen LogP contribution in [0, 0.1) is 13.0 Å². The Morgan fingerprint density at radius 3 is 2.21 bits per heavy atom. The maximum atomic E-state index is 3.99. The Morgan fingerprint density at radius 2 is 1.57 bits per heavy atom. The van der Waals surface area contributed by atoms with E-state index >= 15 is 0 Å². The summed E-state index contributed by atoms with van der Waals surface area (Å²) in [6.45, 7) is 6.15. The van der Waals surface area contributed by atoms with Gasteiger partial charge < -0.3 is 4.90 Å². The van der Waals surface area contributed by atoms with Crippen LogP contribution in [-0.2, 0) is 0 Å². The van der Waals surface area contributed by atoms with Crippen molar-refractivity contribution >= 4 is 0 Å². The normalized spacial score (nSPS) is 28.1. The third-order valence-corrected chi connectivity index (χ3v) is 3.71. The molecule has 0 unspecified atom stereocenters. The van der Waals surface area contributed by atoms with Crippen LogP contribution in [-0.4, -0.2) is 42.5 Å². The summed E-state index contributed by atoms with van der Waals surface area (Å²) in [6, 6.07) is 0. The highest BCUT2D eigenvalue weighted by Crippen LogP contribution is 2.24. The molecule has 1 aliphatic carbocycles. The van der Waals surface area contributed by atoms with Gasteiger partial charge in [-0.15, -0.1) is 0 Å². The van der Waals surface area contributed by atoms with E-state index in [9.17, 15) is 0 Å². The molecule has 1 aliphatic heterocycles. The molecule has 2 nitrogen and oxygen atoms in total. The maximum Gasteiger partial charge on any atom is 0.0110 e. The van der Waals surface area contributed by atoms with Gasteiger partial charge in [-0.1, -0.05) is 19.3 Å². The number of hydrogen-bond donors (Lipinski definition) is 0. The Morgan fingerprint density at radius 1 is 0.929 bits per heavy atom. The molecule has 0 spiro atoms. The molecule has 1 radical (unpaired) electrons. The van der Waals surface area contributed by atoms with Crippen molar-refractivity contribution in [1.29, 1.82) is 0 Å². The van der Waals surface area contributed by atoms with Crippen LogP contribution in [0.4, 0.5) is 0 Å². The molecule has 2 heteroatoms. The molecule has 2 aliphatic rings. The first-order chi connectivity index (χ1) is 6.84. The van der Waals surface area contributed by atoms with E-state index in [1.807, 2.05) is 0 Å². The number of piperazine rings is 1. The van der Waals surface area contributed by atoms with Gasteiger partial charge in [-0.3, -0.25) is 4.90 Å². The van der Waals surface area contributed by atoms with E-state index in [2.05, 4.69) is 16.8 Å². The quantitative estimate of drug-likeness (QED) is 0.665. The Kier molecular flexibility index (Phi) is 3.82. The fourth-order valence-electron chi connectivity index (χ4n) is 2.71. The van der Waals surface area contributed by atoms with Gasteiger partial charge in [0.05, 0.1) is 0 Å². The Labute approximate surface area is 88.3 Å². The molecule has 0 aromatic carbocycles. The van der Waals surface area contributed by atoms with E-state index in [-0.39, 0.29) is 0 Å². The van der Waals surface area contributed by atoms with Crippen LogP contribution >= 0.6 is 0 Å². The zero-order valence-corrected chi connectivity index (χ0v) is 9.25. The van der Waals surface area contributed by atoms with Crippen LogP contribution in [0.5, 0.6) is 0 Å². The molecule has 1 heterocycles. The first-order valence-corrected chi connectivity index (χ1v) is 6.12. The summed E-state index contributed by atoms with van der Waals surface area (Å²) in [5, 5.41) is 0. The molecule has 0 amide bonds. The smallest absolute Gasteiger partial charge is 0.0110 e. The van der Waals surface area contributed by atoms with Crippen molar-refractivity contribution < 1.29 is 0 Å². The average molecular weight is 195 g/mol. The van der Waals surface area contributed by atoms with Gasteiger partial charge in [0.25, 0.3) is 0 Å². The van der Waals surface area contributed by atoms with Gasteiger partial charge in [-0.05, 0) is 18.8 Å². The predicted octanol–water partition coefficient (Wildman–Crippen LogP) is 1.98. The second kappa shape index (κ2) is 5.13. The zero-order valence-electron chi connectivity index (χ0n) is 9.25. The van der Waals surface area contributed by atoms with Crippen LogP contribution in [0.25, 0.3) is 0 Å². The van der Waals surface area contributed by atoms with Crippen LogP contribution in [0.15, 0.2) is 0 Å². The van der Waals surface area contributed by atoms with E-state index in [1.165, 1.54) is 51.7 Å². The summed E-state index contributed by atoms with van der Waals surface area (Å²) in [7, 11) is 3.99. The van der Waals surface area contributed by atoms with E-state index in [4.69, 9.17) is 0 Å². The van der Waals surface area contributed by atoms with Gasteiger partial charge in [0.15, 0.2) is 0 Å². The highest BCUT2D eigenvalue weighted by molar-refractivity contribution is 4.75. The average Bonchev–Trinajstić information content (AvgIpc) is 2.23. The fraction of sp³-hybridized carbons (Fsp3) is 0.917. The van der Waals surface area contributed by atoms with Crippen LogP contribution in [0.3, 0.4) is 0 Å². The van der Waals surface area contributed by atoms with Gasteiger partial charge >= 0.3 is 0 Å². The molecule has 0 N–H and O–H groups in total. The first-order valence-electron chi connectivity index (χ1n) is 6.12. The monoisotopic (exact) mass is 195 g/mol. The molecule has 0 atom stereocenters. The highest BCUT2D eigenvalue weighted by atomic mass is 15.2. The lowest BCUT2D eigenvalue weighted by Gasteiger charge is -2.35. The summed E-state index contributed by atoms with van der Waals surface area (Å²) >= 11 is 0. The topological polar surface area (TPSA) is 6.48 Å². The molecule has 2 fully saturated rings. The molecule has 0 aromatic rings. The second-order valence-electron chi connectivity index (χ2n) is 4.92. The minimum absolute atomic E-state index is 1.00. The van der Waals surface area contributed by atoms with Crippen molar-refractivity contribution in [2.45, 2.75) is 32.1 Å². The van der Waals surface area contributed by atoms with Gasteiger partial charge in [-0.2, -0.15) is 0 Å². The predicted molar refractivity (Wildman–Crippen MR) is 59.9 cm³/mol. The fourth-order valence-corrected chi connectivity index (χ4v) is 2.71. The van der Waals surface area contributed by atoms with Crippen LogP contribution in [0.1, 0.15) is 32.1 Å². The molecular weight excluding hydrogens is 172 g/mol. The number of rotatable bonds is 2. The summed E-state index contributed by atoms with van der Waals surface area (Å²) in [6.07, 6.45) is 7.37. The van der Waals surface area contributed by atoms with Gasteiger partial charge in [-0.25, -0.2) is 0 Å². The maximum absolute atomic E-state index is 3.99. The minimum atomic E-state index is 1.00. The second-order valence-corrected chi connectivity index (χ2v) is 4.92. The van der Waals surface area contributed by atoms with Crippen molar-refractivity contribution in [3.63, 3.8) is 0 Å². The highest BCUT2D eigenvalue weighted by Gasteiger charge is 2.19. The summed E-state index contributed by atoms with van der Waals surface area (Å²) in [5.41, 5.74) is 0. The van der Waals surface area contributed by atoms with Crippen molar-refractivity contribution in [3.8, 4) is 0 Å². The molecule has 0 bridgehead atoms. The molecule has 1 saturated carbocycles. The van der Waals surface area contributed by atoms with E-state index in [0.29, 0.717) is 0 Å². The summed E-state index contributed by atoms with van der Waals surface area (Å²) < 4.78 is 0.